The van der Waals surface area contributed by atoms with Crippen LogP contribution in [-0.2, 0) is 4.74 Å². The lowest BCUT2D eigenvalue weighted by molar-refractivity contribution is 0.0110. The SMILES string of the molecule is CC(C)(C)OC(=O)N1CCCC(C(F)c2ccccc2N)C1. The normalized spacial score (nSPS) is 20.5. The number of amides is 1. The third-order valence-corrected chi connectivity index (χ3v) is 3.82. The van der Waals surface area contributed by atoms with Crippen molar-refractivity contribution in [2.45, 2.75) is 45.4 Å². The van der Waals surface area contributed by atoms with Crippen LogP contribution in [0.15, 0.2) is 24.3 Å². The van der Waals surface area contributed by atoms with Gasteiger partial charge in [0.25, 0.3) is 0 Å². The predicted octanol–water partition coefficient (Wildman–Crippen LogP) is 3.93. The summed E-state index contributed by atoms with van der Waals surface area (Å²) < 4.78 is 20.2. The van der Waals surface area contributed by atoms with Gasteiger partial charge in [-0.25, -0.2) is 9.18 Å². The highest BCUT2D eigenvalue weighted by atomic mass is 19.1. The maximum atomic E-state index is 14.8. The van der Waals surface area contributed by atoms with Gasteiger partial charge in [-0.15, -0.1) is 0 Å². The largest absolute Gasteiger partial charge is 0.444 e. The molecular weight excluding hydrogens is 283 g/mol. The van der Waals surface area contributed by atoms with Crippen molar-refractivity contribution in [3.05, 3.63) is 29.8 Å². The number of hydrogen-bond donors (Lipinski definition) is 1. The second-order valence-corrected chi connectivity index (χ2v) is 6.86. The minimum atomic E-state index is -1.16. The molecule has 122 valence electrons. The average molecular weight is 308 g/mol. The molecule has 1 saturated heterocycles. The first-order valence-electron chi connectivity index (χ1n) is 7.74. The molecule has 1 aromatic carbocycles. The number of piperidine rings is 1. The van der Waals surface area contributed by atoms with Crippen LogP contribution in [0.2, 0.25) is 0 Å². The highest BCUT2D eigenvalue weighted by molar-refractivity contribution is 5.68. The molecule has 2 N–H and O–H groups in total. The number of carbonyl (C=O) groups is 1. The summed E-state index contributed by atoms with van der Waals surface area (Å²) in [5.41, 5.74) is 6.30. The zero-order valence-corrected chi connectivity index (χ0v) is 13.5. The number of alkyl halides is 1. The first kappa shape index (κ1) is 16.6. The van der Waals surface area contributed by atoms with Crippen molar-refractivity contribution in [3.63, 3.8) is 0 Å². The number of hydrogen-bond acceptors (Lipinski definition) is 3. The minimum Gasteiger partial charge on any atom is -0.444 e. The number of rotatable bonds is 2. The molecule has 4 nitrogen and oxygen atoms in total. The third-order valence-electron chi connectivity index (χ3n) is 3.82. The molecule has 0 bridgehead atoms. The number of para-hydroxylation sites is 1. The van der Waals surface area contributed by atoms with Crippen LogP contribution in [0.3, 0.4) is 0 Å². The monoisotopic (exact) mass is 308 g/mol. The Bertz CT molecular complexity index is 528. The topological polar surface area (TPSA) is 55.6 Å². The molecule has 0 aliphatic carbocycles. The van der Waals surface area contributed by atoms with E-state index < -0.39 is 11.8 Å². The zero-order chi connectivity index (χ0) is 16.3. The maximum Gasteiger partial charge on any atom is 0.410 e. The Labute approximate surface area is 131 Å². The van der Waals surface area contributed by atoms with Crippen LogP contribution >= 0.6 is 0 Å². The van der Waals surface area contributed by atoms with Gasteiger partial charge in [0.2, 0.25) is 0 Å². The molecular formula is C17H25FN2O2. The van der Waals surface area contributed by atoms with Crippen molar-refractivity contribution in [1.29, 1.82) is 0 Å². The van der Waals surface area contributed by atoms with E-state index in [2.05, 4.69) is 0 Å². The fourth-order valence-corrected chi connectivity index (χ4v) is 2.76. The second-order valence-electron chi connectivity index (χ2n) is 6.86. The smallest absolute Gasteiger partial charge is 0.410 e. The van der Waals surface area contributed by atoms with Gasteiger partial charge < -0.3 is 15.4 Å². The van der Waals surface area contributed by atoms with Crippen LogP contribution in [-0.4, -0.2) is 29.7 Å². The van der Waals surface area contributed by atoms with E-state index in [-0.39, 0.29) is 12.0 Å². The van der Waals surface area contributed by atoms with Gasteiger partial charge in [-0.05, 0) is 39.7 Å². The first-order valence-corrected chi connectivity index (χ1v) is 7.74. The number of nitrogens with zero attached hydrogens (tertiary/aromatic N) is 1. The van der Waals surface area contributed by atoms with Gasteiger partial charge in [0.15, 0.2) is 0 Å². The predicted molar refractivity (Wildman–Crippen MR) is 85.2 cm³/mol. The molecule has 0 spiro atoms. The quantitative estimate of drug-likeness (QED) is 0.842. The fourth-order valence-electron chi connectivity index (χ4n) is 2.76. The molecule has 2 rings (SSSR count). The van der Waals surface area contributed by atoms with Crippen molar-refractivity contribution < 1.29 is 13.9 Å². The Hall–Kier alpha value is -1.78. The van der Waals surface area contributed by atoms with Crippen molar-refractivity contribution in [2.24, 2.45) is 5.92 Å². The Morgan fingerprint density at radius 1 is 1.41 bits per heavy atom. The molecule has 2 atom stereocenters. The number of nitrogens with two attached hydrogens (primary N) is 1. The number of nitrogen functional groups attached to an aromatic ring is 1. The first-order chi connectivity index (χ1) is 10.3. The van der Waals surface area contributed by atoms with Crippen molar-refractivity contribution in [3.8, 4) is 0 Å². The summed E-state index contributed by atoms with van der Waals surface area (Å²) in [6.45, 7) is 6.46. The Balaban J connectivity index is 2.04. The Kier molecular flexibility index (Phi) is 4.94. The lowest BCUT2D eigenvalue weighted by Crippen LogP contribution is -2.43. The van der Waals surface area contributed by atoms with Crippen LogP contribution < -0.4 is 5.73 Å². The molecule has 5 heteroatoms. The molecule has 2 unspecified atom stereocenters. The van der Waals surface area contributed by atoms with Gasteiger partial charge >= 0.3 is 6.09 Å². The average Bonchev–Trinajstić information content (AvgIpc) is 2.45. The van der Waals surface area contributed by atoms with E-state index in [1.165, 1.54) is 0 Å². The van der Waals surface area contributed by atoms with E-state index in [4.69, 9.17) is 10.5 Å². The fraction of sp³-hybridized carbons (Fsp3) is 0.588. The van der Waals surface area contributed by atoms with Crippen LogP contribution in [0.1, 0.15) is 45.3 Å². The number of halogens is 1. The van der Waals surface area contributed by atoms with E-state index in [1.807, 2.05) is 20.8 Å². The number of likely N-dealkylation sites (tertiary alicyclic amines) is 1. The third kappa shape index (κ3) is 4.12. The lowest BCUT2D eigenvalue weighted by atomic mass is 9.89. The molecule has 1 fully saturated rings. The van der Waals surface area contributed by atoms with Gasteiger partial charge in [-0.2, -0.15) is 0 Å². The van der Waals surface area contributed by atoms with E-state index in [0.717, 1.165) is 12.8 Å². The van der Waals surface area contributed by atoms with Gasteiger partial charge in [0, 0.05) is 30.3 Å². The van der Waals surface area contributed by atoms with Crippen molar-refractivity contribution >= 4 is 11.8 Å². The maximum absolute atomic E-state index is 14.8. The van der Waals surface area contributed by atoms with Crippen LogP contribution in [0.5, 0.6) is 0 Å². The minimum absolute atomic E-state index is 0.244. The van der Waals surface area contributed by atoms with Gasteiger partial charge in [0.05, 0.1) is 0 Å². The second kappa shape index (κ2) is 6.55. The van der Waals surface area contributed by atoms with E-state index in [0.29, 0.717) is 24.3 Å². The zero-order valence-electron chi connectivity index (χ0n) is 13.5. The summed E-state index contributed by atoms with van der Waals surface area (Å²) in [4.78, 5) is 13.7. The van der Waals surface area contributed by atoms with Crippen LogP contribution in [0.25, 0.3) is 0 Å². The molecule has 22 heavy (non-hydrogen) atoms. The number of anilines is 1. The Morgan fingerprint density at radius 3 is 2.73 bits per heavy atom. The van der Waals surface area contributed by atoms with E-state index >= 15 is 0 Å². The van der Waals surface area contributed by atoms with Crippen LogP contribution in [0.4, 0.5) is 14.9 Å². The summed E-state index contributed by atoms with van der Waals surface area (Å²) in [6.07, 6.45) is -0.0110. The van der Waals surface area contributed by atoms with E-state index in [9.17, 15) is 9.18 Å². The molecule has 1 amide bonds. The standard InChI is InChI=1S/C17H25FN2O2/c1-17(2,3)22-16(21)20-10-6-7-12(11-20)15(18)13-8-4-5-9-14(13)19/h4-5,8-9,12,15H,6-7,10-11,19H2,1-3H3. The van der Waals surface area contributed by atoms with E-state index in [1.54, 1.807) is 29.2 Å². The summed E-state index contributed by atoms with van der Waals surface area (Å²) in [7, 11) is 0. The van der Waals surface area contributed by atoms with Crippen molar-refractivity contribution in [2.75, 3.05) is 18.8 Å². The lowest BCUT2D eigenvalue weighted by Gasteiger charge is -2.35. The molecule has 1 heterocycles. The molecule has 0 saturated carbocycles. The highest BCUT2D eigenvalue weighted by Gasteiger charge is 2.33. The summed E-state index contributed by atoms with van der Waals surface area (Å²) in [5.74, 6) is -0.244. The Morgan fingerprint density at radius 2 is 2.09 bits per heavy atom. The van der Waals surface area contributed by atoms with Crippen molar-refractivity contribution in [1.82, 2.24) is 4.90 Å². The van der Waals surface area contributed by atoms with Gasteiger partial charge in [-0.3, -0.25) is 0 Å². The summed E-state index contributed by atoms with van der Waals surface area (Å²) >= 11 is 0. The number of carbonyl (C=O) groups excluding carboxylic acids is 1. The number of benzene rings is 1. The van der Waals surface area contributed by atoms with Gasteiger partial charge in [-0.1, -0.05) is 18.2 Å². The molecule has 1 aromatic rings. The highest BCUT2D eigenvalue weighted by Crippen LogP contribution is 2.35. The summed E-state index contributed by atoms with van der Waals surface area (Å²) in [5, 5.41) is 0. The molecule has 0 radical (unpaired) electrons. The molecule has 1 aliphatic rings. The molecule has 1 aliphatic heterocycles. The number of ether oxygens (including phenoxy) is 1. The summed E-state index contributed by atoms with van der Waals surface area (Å²) in [6, 6.07) is 6.99. The molecule has 0 aromatic heterocycles. The van der Waals surface area contributed by atoms with Gasteiger partial charge in [0.1, 0.15) is 11.8 Å². The van der Waals surface area contributed by atoms with Crippen LogP contribution in [0, 0.1) is 5.92 Å².